The molecule has 29 heavy (non-hydrogen) atoms. The maximum atomic E-state index is 12.7. The first-order chi connectivity index (χ1) is 13.8. The summed E-state index contributed by atoms with van der Waals surface area (Å²) < 4.78 is 9.02. The lowest BCUT2D eigenvalue weighted by atomic mass is 10.1. The zero-order valence-corrected chi connectivity index (χ0v) is 18.2. The first-order valence-corrected chi connectivity index (χ1v) is 9.81. The molecule has 1 unspecified atom stereocenters. The monoisotopic (exact) mass is 459 g/mol. The van der Waals surface area contributed by atoms with Crippen LogP contribution in [0.4, 0.5) is 5.69 Å². The lowest BCUT2D eigenvalue weighted by molar-refractivity contribution is -0.119. The number of ether oxygens (including phenoxy) is 1. The molecule has 0 saturated carbocycles. The molecule has 3 aromatic rings. The van der Waals surface area contributed by atoms with E-state index in [1.54, 1.807) is 40.8 Å². The molecule has 3 rings (SSSR count). The Hall–Kier alpha value is -2.94. The van der Waals surface area contributed by atoms with E-state index in [4.69, 9.17) is 4.74 Å². The van der Waals surface area contributed by atoms with Crippen LogP contribution in [0.25, 0.3) is 0 Å². The molecule has 0 saturated heterocycles. The maximum absolute atomic E-state index is 12.7. The number of benzene rings is 1. The minimum absolute atomic E-state index is 0.193. The summed E-state index contributed by atoms with van der Waals surface area (Å²) >= 11 is 3.33. The molecule has 2 aromatic heterocycles. The highest BCUT2D eigenvalue weighted by Gasteiger charge is 2.21. The van der Waals surface area contributed by atoms with Gasteiger partial charge in [0.25, 0.3) is 0 Å². The van der Waals surface area contributed by atoms with Gasteiger partial charge in [-0.05, 0) is 48.3 Å². The van der Waals surface area contributed by atoms with Crippen molar-refractivity contribution in [3.63, 3.8) is 0 Å². The van der Waals surface area contributed by atoms with Crippen LogP contribution in [-0.4, -0.2) is 38.5 Å². The number of anilines is 1. The van der Waals surface area contributed by atoms with Crippen LogP contribution in [0.1, 0.15) is 40.3 Å². The van der Waals surface area contributed by atoms with Crippen molar-refractivity contribution >= 4 is 33.5 Å². The van der Waals surface area contributed by atoms with Gasteiger partial charge in [-0.25, -0.2) is 4.79 Å². The third-order valence-electron chi connectivity index (χ3n) is 4.72. The molecule has 9 heteroatoms. The average Bonchev–Trinajstić information content (AvgIpc) is 3.25. The summed E-state index contributed by atoms with van der Waals surface area (Å²) in [6, 6.07) is 6.75. The normalized spacial score (nSPS) is 11.9. The van der Waals surface area contributed by atoms with E-state index in [1.165, 1.54) is 7.11 Å². The van der Waals surface area contributed by atoms with Crippen molar-refractivity contribution in [3.05, 3.63) is 63.6 Å². The number of amides is 1. The second kappa shape index (κ2) is 8.60. The van der Waals surface area contributed by atoms with Crippen LogP contribution in [0.3, 0.4) is 0 Å². The fourth-order valence-electron chi connectivity index (χ4n) is 3.03. The highest BCUT2D eigenvalue weighted by Crippen LogP contribution is 2.23. The van der Waals surface area contributed by atoms with E-state index in [0.717, 1.165) is 15.7 Å². The summed E-state index contributed by atoms with van der Waals surface area (Å²) in [4.78, 5) is 24.7. The molecule has 0 fully saturated rings. The molecule has 152 valence electrons. The summed E-state index contributed by atoms with van der Waals surface area (Å²) in [7, 11) is 1.36. The lowest BCUT2D eigenvalue weighted by Gasteiger charge is -2.13. The standard InChI is InChI=1S/C20H22BrN5O3/c1-12-18(23-19(27)14(3)25-11-16(21)9-22-25)13(2)26(24-12)10-15-7-5-6-8-17(15)20(28)29-4/h5-9,11,14H,10H2,1-4H3,(H,23,27). The number of hydrogen-bond acceptors (Lipinski definition) is 5. The van der Waals surface area contributed by atoms with Crippen LogP contribution < -0.4 is 5.32 Å². The van der Waals surface area contributed by atoms with Gasteiger partial charge in [-0.15, -0.1) is 0 Å². The highest BCUT2D eigenvalue weighted by atomic mass is 79.9. The Balaban J connectivity index is 1.82. The minimum Gasteiger partial charge on any atom is -0.465 e. The number of aryl methyl sites for hydroxylation is 1. The molecule has 1 N–H and O–H groups in total. The van der Waals surface area contributed by atoms with Gasteiger partial charge in [0.05, 0.1) is 47.0 Å². The molecular weight excluding hydrogens is 438 g/mol. The molecular formula is C20H22BrN5O3. The van der Waals surface area contributed by atoms with Gasteiger partial charge >= 0.3 is 5.97 Å². The Bertz CT molecular complexity index is 1060. The molecule has 0 aliphatic heterocycles. The first kappa shape index (κ1) is 20.8. The summed E-state index contributed by atoms with van der Waals surface area (Å²) in [5.41, 5.74) is 3.43. The molecule has 0 bridgehead atoms. The third kappa shape index (κ3) is 4.40. The van der Waals surface area contributed by atoms with E-state index in [2.05, 4.69) is 31.4 Å². The van der Waals surface area contributed by atoms with E-state index in [0.29, 0.717) is 23.5 Å². The Morgan fingerprint density at radius 2 is 2.00 bits per heavy atom. The van der Waals surface area contributed by atoms with Gasteiger partial charge in [0, 0.05) is 6.20 Å². The van der Waals surface area contributed by atoms with Crippen LogP contribution in [0, 0.1) is 13.8 Å². The van der Waals surface area contributed by atoms with Crippen molar-refractivity contribution in [3.8, 4) is 0 Å². The van der Waals surface area contributed by atoms with Crippen LogP contribution in [0.2, 0.25) is 0 Å². The molecule has 0 aliphatic rings. The first-order valence-electron chi connectivity index (χ1n) is 9.02. The number of aromatic nitrogens is 4. The summed E-state index contributed by atoms with van der Waals surface area (Å²) in [5.74, 6) is -0.587. The molecule has 1 amide bonds. The smallest absolute Gasteiger partial charge is 0.338 e. The van der Waals surface area contributed by atoms with Gasteiger partial charge in [-0.1, -0.05) is 18.2 Å². The van der Waals surface area contributed by atoms with Gasteiger partial charge in [-0.2, -0.15) is 10.2 Å². The number of carbonyl (C=O) groups is 2. The van der Waals surface area contributed by atoms with Crippen LogP contribution in [0.15, 0.2) is 41.1 Å². The van der Waals surface area contributed by atoms with Crippen molar-refractivity contribution in [1.29, 1.82) is 0 Å². The third-order valence-corrected chi connectivity index (χ3v) is 5.13. The van der Waals surface area contributed by atoms with Crippen molar-refractivity contribution in [1.82, 2.24) is 19.6 Å². The predicted octanol–water partition coefficient (Wildman–Crippen LogP) is 3.49. The summed E-state index contributed by atoms with van der Waals surface area (Å²) in [6.45, 7) is 5.87. The fraction of sp³-hybridized carbons (Fsp3) is 0.300. The zero-order chi connectivity index (χ0) is 21.1. The highest BCUT2D eigenvalue weighted by molar-refractivity contribution is 9.10. The average molecular weight is 460 g/mol. The van der Waals surface area contributed by atoms with Crippen molar-refractivity contribution in [2.24, 2.45) is 0 Å². The number of hydrogen-bond donors (Lipinski definition) is 1. The van der Waals surface area contributed by atoms with Crippen molar-refractivity contribution in [2.45, 2.75) is 33.4 Å². The molecule has 0 spiro atoms. The molecule has 0 radical (unpaired) electrons. The van der Waals surface area contributed by atoms with Gasteiger partial charge < -0.3 is 10.1 Å². The van der Waals surface area contributed by atoms with Crippen molar-refractivity contribution < 1.29 is 14.3 Å². The zero-order valence-electron chi connectivity index (χ0n) is 16.6. The van der Waals surface area contributed by atoms with Gasteiger partial charge in [-0.3, -0.25) is 14.2 Å². The Kier molecular flexibility index (Phi) is 6.17. The van der Waals surface area contributed by atoms with Gasteiger partial charge in [0.2, 0.25) is 5.91 Å². The van der Waals surface area contributed by atoms with Crippen LogP contribution >= 0.6 is 15.9 Å². The Morgan fingerprint density at radius 3 is 2.66 bits per heavy atom. The predicted molar refractivity (Wildman–Crippen MR) is 112 cm³/mol. The largest absolute Gasteiger partial charge is 0.465 e. The summed E-state index contributed by atoms with van der Waals surface area (Å²) in [5, 5.41) is 11.7. The number of nitrogens with zero attached hydrogens (tertiary/aromatic N) is 4. The van der Waals surface area contributed by atoms with Gasteiger partial charge in [0.1, 0.15) is 6.04 Å². The lowest BCUT2D eigenvalue weighted by Crippen LogP contribution is -2.24. The van der Waals surface area contributed by atoms with E-state index in [9.17, 15) is 9.59 Å². The second-order valence-electron chi connectivity index (χ2n) is 6.66. The molecule has 0 aliphatic carbocycles. The Labute approximate surface area is 177 Å². The van der Waals surface area contributed by atoms with Crippen LogP contribution in [0.5, 0.6) is 0 Å². The van der Waals surface area contributed by atoms with E-state index < -0.39 is 12.0 Å². The SMILES string of the molecule is COC(=O)c1ccccc1Cn1nc(C)c(NC(=O)C(C)n2cc(Br)cn2)c1C. The summed E-state index contributed by atoms with van der Waals surface area (Å²) in [6.07, 6.45) is 3.38. The van der Waals surface area contributed by atoms with Gasteiger partial charge in [0.15, 0.2) is 0 Å². The number of nitrogens with one attached hydrogen (secondary N) is 1. The minimum atomic E-state index is -0.483. The quantitative estimate of drug-likeness (QED) is 0.569. The molecule has 1 aromatic carbocycles. The van der Waals surface area contributed by atoms with E-state index in [1.807, 2.05) is 26.0 Å². The number of methoxy groups -OCH3 is 1. The number of esters is 1. The second-order valence-corrected chi connectivity index (χ2v) is 7.57. The van der Waals surface area contributed by atoms with Crippen molar-refractivity contribution in [2.75, 3.05) is 12.4 Å². The maximum Gasteiger partial charge on any atom is 0.338 e. The number of rotatable bonds is 6. The number of halogens is 1. The molecule has 1 atom stereocenters. The number of carbonyl (C=O) groups excluding carboxylic acids is 2. The van der Waals surface area contributed by atoms with Crippen LogP contribution in [-0.2, 0) is 16.1 Å². The fourth-order valence-corrected chi connectivity index (χ4v) is 3.34. The van der Waals surface area contributed by atoms with E-state index in [-0.39, 0.29) is 5.91 Å². The molecule has 8 nitrogen and oxygen atoms in total. The Morgan fingerprint density at radius 1 is 1.28 bits per heavy atom. The van der Waals surface area contributed by atoms with E-state index >= 15 is 0 Å². The topological polar surface area (TPSA) is 91.0 Å². The molecule has 2 heterocycles.